The largest absolute Gasteiger partial charge is 0.372 e. The van der Waals surface area contributed by atoms with Gasteiger partial charge in [0.05, 0.1) is 11.7 Å². The van der Waals surface area contributed by atoms with Crippen LogP contribution in [0.2, 0.25) is 0 Å². The van der Waals surface area contributed by atoms with E-state index in [1.165, 1.54) is 96.3 Å². The zero-order valence-corrected chi connectivity index (χ0v) is 19.6. The average Bonchev–Trinajstić information content (AvgIpc) is 2.56. The summed E-state index contributed by atoms with van der Waals surface area (Å²) in [6.45, 7) is 16.3. The van der Waals surface area contributed by atoms with E-state index in [2.05, 4.69) is 48.5 Å². The van der Waals surface area contributed by atoms with Gasteiger partial charge in [-0.2, -0.15) is 0 Å². The lowest BCUT2D eigenvalue weighted by Crippen LogP contribution is -2.43. The lowest BCUT2D eigenvalue weighted by Gasteiger charge is -2.43. The number of hydrogen-bond acceptors (Lipinski definition) is 1. The Morgan fingerprint density at radius 2 is 1.04 bits per heavy atom. The molecule has 1 nitrogen and oxygen atoms in total. The van der Waals surface area contributed by atoms with E-state index in [4.69, 9.17) is 4.74 Å². The highest BCUT2D eigenvalue weighted by molar-refractivity contribution is 4.88. The fourth-order valence-corrected chi connectivity index (χ4v) is 3.76. The maximum atomic E-state index is 6.54. The van der Waals surface area contributed by atoms with E-state index in [1.807, 2.05) is 0 Å². The Bertz CT molecular complexity index is 305. The third kappa shape index (κ3) is 12.4. The Labute approximate surface area is 167 Å². The molecule has 0 bridgehead atoms. The second-order valence-corrected chi connectivity index (χ2v) is 9.75. The Balaban J connectivity index is 3.98. The zero-order valence-electron chi connectivity index (χ0n) is 19.6. The number of ether oxygens (including phenoxy) is 1. The number of rotatable bonds is 18. The molecule has 1 heteroatoms. The summed E-state index contributed by atoms with van der Waals surface area (Å²) < 4.78 is 6.54. The summed E-state index contributed by atoms with van der Waals surface area (Å²) in [5.41, 5.74) is 0.198. The van der Waals surface area contributed by atoms with Crippen LogP contribution in [0.4, 0.5) is 0 Å². The molecule has 0 saturated heterocycles. The van der Waals surface area contributed by atoms with Gasteiger partial charge in [0, 0.05) is 0 Å². The number of hydrogen-bond donors (Lipinski definition) is 0. The predicted octanol–water partition coefficient (Wildman–Crippen LogP) is 9.09. The molecule has 0 amide bonds. The Morgan fingerprint density at radius 3 is 1.54 bits per heavy atom. The topological polar surface area (TPSA) is 9.23 Å². The van der Waals surface area contributed by atoms with Crippen LogP contribution in [0.1, 0.15) is 145 Å². The fourth-order valence-electron chi connectivity index (χ4n) is 3.76. The van der Waals surface area contributed by atoms with Crippen LogP contribution in [0.5, 0.6) is 0 Å². The highest BCUT2D eigenvalue weighted by Gasteiger charge is 2.38. The van der Waals surface area contributed by atoms with Crippen LogP contribution in [-0.4, -0.2) is 11.7 Å². The first-order valence-corrected chi connectivity index (χ1v) is 11.9. The van der Waals surface area contributed by atoms with Crippen molar-refractivity contribution in [2.75, 3.05) is 0 Å². The molecule has 1 unspecified atom stereocenters. The van der Waals surface area contributed by atoms with Crippen molar-refractivity contribution in [2.45, 2.75) is 156 Å². The Kier molecular flexibility index (Phi) is 14.9. The van der Waals surface area contributed by atoms with E-state index in [1.54, 1.807) is 0 Å². The van der Waals surface area contributed by atoms with Crippen LogP contribution < -0.4 is 0 Å². The molecule has 0 spiro atoms. The van der Waals surface area contributed by atoms with Gasteiger partial charge in [0.15, 0.2) is 0 Å². The molecular weight excluding hydrogens is 316 g/mol. The van der Waals surface area contributed by atoms with Crippen molar-refractivity contribution in [3.63, 3.8) is 0 Å². The molecule has 0 aliphatic heterocycles. The van der Waals surface area contributed by atoms with Crippen LogP contribution in [-0.2, 0) is 4.74 Å². The second kappa shape index (κ2) is 14.9. The maximum Gasteiger partial charge on any atom is 0.0680 e. The summed E-state index contributed by atoms with van der Waals surface area (Å²) in [4.78, 5) is 0. The van der Waals surface area contributed by atoms with E-state index in [9.17, 15) is 0 Å². The Hall–Kier alpha value is -0.0400. The molecule has 0 aromatic rings. The minimum absolute atomic E-state index is 0.0447. The second-order valence-electron chi connectivity index (χ2n) is 9.75. The van der Waals surface area contributed by atoms with Gasteiger partial charge < -0.3 is 4.74 Å². The monoisotopic (exact) mass is 368 g/mol. The van der Waals surface area contributed by atoms with Crippen molar-refractivity contribution >= 4 is 0 Å². The van der Waals surface area contributed by atoms with Crippen molar-refractivity contribution in [3.05, 3.63) is 0 Å². The molecule has 0 radical (unpaired) electrons. The van der Waals surface area contributed by atoms with Gasteiger partial charge in [0.2, 0.25) is 0 Å². The smallest absolute Gasteiger partial charge is 0.0680 e. The lowest BCUT2D eigenvalue weighted by atomic mass is 9.73. The van der Waals surface area contributed by atoms with Crippen LogP contribution in [0.25, 0.3) is 0 Å². The zero-order chi connectivity index (χ0) is 19.9. The first-order valence-electron chi connectivity index (χ1n) is 11.9. The molecule has 0 fully saturated rings. The third-order valence-electron chi connectivity index (χ3n) is 6.50. The summed E-state index contributed by atoms with van der Waals surface area (Å²) in [5, 5.41) is 0. The third-order valence-corrected chi connectivity index (χ3v) is 6.50. The molecule has 0 rings (SSSR count). The molecule has 0 aliphatic carbocycles. The van der Waals surface area contributed by atoms with Gasteiger partial charge in [-0.25, -0.2) is 0 Å². The molecule has 1 atom stereocenters. The maximum absolute atomic E-state index is 6.54. The van der Waals surface area contributed by atoms with Gasteiger partial charge in [-0.15, -0.1) is 0 Å². The highest BCUT2D eigenvalue weighted by atomic mass is 16.5. The average molecular weight is 369 g/mol. The Morgan fingerprint density at radius 1 is 0.615 bits per heavy atom. The van der Waals surface area contributed by atoms with E-state index >= 15 is 0 Å². The van der Waals surface area contributed by atoms with Crippen molar-refractivity contribution in [1.82, 2.24) is 0 Å². The van der Waals surface area contributed by atoms with E-state index in [0.717, 1.165) is 0 Å². The van der Waals surface area contributed by atoms with Gasteiger partial charge in [-0.05, 0) is 39.0 Å². The summed E-state index contributed by atoms with van der Waals surface area (Å²) >= 11 is 0. The van der Waals surface area contributed by atoms with Crippen molar-refractivity contribution in [2.24, 2.45) is 5.41 Å². The molecule has 0 aliphatic rings. The van der Waals surface area contributed by atoms with Gasteiger partial charge in [-0.1, -0.05) is 111 Å². The number of unbranched alkanes of at least 4 members (excludes halogenated alkanes) is 11. The van der Waals surface area contributed by atoms with Crippen molar-refractivity contribution in [1.29, 1.82) is 0 Å². The van der Waals surface area contributed by atoms with E-state index in [-0.39, 0.29) is 11.0 Å². The van der Waals surface area contributed by atoms with Gasteiger partial charge in [0.1, 0.15) is 0 Å². The van der Waals surface area contributed by atoms with E-state index in [0.29, 0.717) is 6.10 Å². The van der Waals surface area contributed by atoms with Crippen LogP contribution in [0, 0.1) is 5.41 Å². The van der Waals surface area contributed by atoms with Gasteiger partial charge >= 0.3 is 0 Å². The lowest BCUT2D eigenvalue weighted by molar-refractivity contribution is -0.135. The standard InChI is InChI=1S/C25H52O/c1-8-10-12-14-16-17-19-21-23(3)26-25(6,7)24(4,5)22-20-18-15-13-11-9-2/h23H,8-22H2,1-7H3. The molecule has 0 N–H and O–H groups in total. The normalized spacial score (nSPS) is 14.0. The molecular formula is C25H52O. The predicted molar refractivity (Wildman–Crippen MR) is 119 cm³/mol. The molecule has 0 heterocycles. The van der Waals surface area contributed by atoms with Crippen LogP contribution >= 0.6 is 0 Å². The highest BCUT2D eigenvalue weighted by Crippen LogP contribution is 2.39. The van der Waals surface area contributed by atoms with E-state index < -0.39 is 0 Å². The minimum atomic E-state index is -0.0447. The molecule has 26 heavy (non-hydrogen) atoms. The molecule has 0 aromatic carbocycles. The van der Waals surface area contributed by atoms with Crippen molar-refractivity contribution < 1.29 is 4.74 Å². The molecule has 158 valence electrons. The summed E-state index contributed by atoms with van der Waals surface area (Å²) in [7, 11) is 0. The summed E-state index contributed by atoms with van der Waals surface area (Å²) in [6, 6.07) is 0. The summed E-state index contributed by atoms with van der Waals surface area (Å²) in [5.74, 6) is 0. The van der Waals surface area contributed by atoms with Crippen LogP contribution in [0.15, 0.2) is 0 Å². The van der Waals surface area contributed by atoms with Gasteiger partial charge in [-0.3, -0.25) is 0 Å². The first kappa shape index (κ1) is 26.0. The SMILES string of the molecule is CCCCCCCCCC(C)OC(C)(C)C(C)(C)CCCCCCCC. The first-order chi connectivity index (χ1) is 12.3. The minimum Gasteiger partial charge on any atom is -0.372 e. The van der Waals surface area contributed by atoms with Gasteiger partial charge in [0.25, 0.3) is 0 Å². The molecule has 0 saturated carbocycles. The van der Waals surface area contributed by atoms with Crippen molar-refractivity contribution in [3.8, 4) is 0 Å². The quantitative estimate of drug-likeness (QED) is 0.219. The fraction of sp³-hybridized carbons (Fsp3) is 1.00. The van der Waals surface area contributed by atoms with Crippen LogP contribution in [0.3, 0.4) is 0 Å². The summed E-state index contributed by atoms with van der Waals surface area (Å²) in [6.07, 6.45) is 20.8. The molecule has 0 aromatic heterocycles.